The van der Waals surface area contributed by atoms with Crippen molar-refractivity contribution in [2.75, 3.05) is 52.9 Å². The third-order valence-electron chi connectivity index (χ3n) is 4.78. The molecule has 6 heteroatoms. The first-order valence-electron chi connectivity index (χ1n) is 9.66. The van der Waals surface area contributed by atoms with Gasteiger partial charge in [0.1, 0.15) is 5.82 Å². The van der Waals surface area contributed by atoms with E-state index < -0.39 is 0 Å². The van der Waals surface area contributed by atoms with Gasteiger partial charge in [0, 0.05) is 45.8 Å². The fourth-order valence-corrected chi connectivity index (χ4v) is 3.05. The smallest absolute Gasteiger partial charge is 0.191 e. The molecular formula is C20H34FN5. The average molecular weight is 364 g/mol. The zero-order valence-corrected chi connectivity index (χ0v) is 16.7. The number of aryl methyl sites for hydroxylation is 1. The number of hydrogen-bond acceptors (Lipinski definition) is 3. The molecule has 146 valence electrons. The molecule has 0 aliphatic carbocycles. The number of nitrogens with one attached hydrogen (secondary N) is 2. The van der Waals surface area contributed by atoms with Crippen molar-refractivity contribution in [2.45, 2.75) is 27.3 Å². The first-order valence-corrected chi connectivity index (χ1v) is 9.66. The Morgan fingerprint density at radius 1 is 1.23 bits per heavy atom. The van der Waals surface area contributed by atoms with E-state index in [9.17, 15) is 4.39 Å². The van der Waals surface area contributed by atoms with Crippen LogP contribution in [0.15, 0.2) is 23.2 Å². The molecule has 1 aromatic carbocycles. The maximum Gasteiger partial charge on any atom is 0.191 e. The molecular weight excluding hydrogens is 329 g/mol. The van der Waals surface area contributed by atoms with Crippen LogP contribution in [0.1, 0.15) is 25.0 Å². The fourth-order valence-electron chi connectivity index (χ4n) is 3.05. The molecule has 1 fully saturated rings. The van der Waals surface area contributed by atoms with Gasteiger partial charge in [-0.3, -0.25) is 0 Å². The summed E-state index contributed by atoms with van der Waals surface area (Å²) in [7, 11) is 2.18. The van der Waals surface area contributed by atoms with E-state index >= 15 is 0 Å². The van der Waals surface area contributed by atoms with Gasteiger partial charge in [-0.2, -0.15) is 0 Å². The summed E-state index contributed by atoms with van der Waals surface area (Å²) in [5.74, 6) is 1.16. The van der Waals surface area contributed by atoms with Gasteiger partial charge in [-0.1, -0.05) is 19.1 Å². The average Bonchev–Trinajstić information content (AvgIpc) is 2.62. The summed E-state index contributed by atoms with van der Waals surface area (Å²) >= 11 is 0. The van der Waals surface area contributed by atoms with Crippen LogP contribution in [0.3, 0.4) is 0 Å². The lowest BCUT2D eigenvalue weighted by Crippen LogP contribution is -2.47. The van der Waals surface area contributed by atoms with Crippen LogP contribution in [-0.4, -0.2) is 68.6 Å². The molecule has 0 saturated carbocycles. The quantitative estimate of drug-likeness (QED) is 0.575. The number of nitrogens with zero attached hydrogens (tertiary/aromatic N) is 3. The third kappa shape index (κ3) is 6.92. The van der Waals surface area contributed by atoms with Gasteiger partial charge < -0.3 is 20.4 Å². The number of hydrogen-bond donors (Lipinski definition) is 2. The molecule has 0 spiro atoms. The Hall–Kier alpha value is -1.66. The summed E-state index contributed by atoms with van der Waals surface area (Å²) in [6, 6.07) is 5.30. The highest BCUT2D eigenvalue weighted by Gasteiger charge is 2.16. The van der Waals surface area contributed by atoms with E-state index in [0.717, 1.165) is 57.3 Å². The van der Waals surface area contributed by atoms with Crippen molar-refractivity contribution >= 4 is 5.96 Å². The summed E-state index contributed by atoms with van der Waals surface area (Å²) in [5, 5.41) is 6.69. The molecule has 2 rings (SSSR count). The van der Waals surface area contributed by atoms with Crippen molar-refractivity contribution in [3.8, 4) is 0 Å². The van der Waals surface area contributed by atoms with Gasteiger partial charge >= 0.3 is 0 Å². The highest BCUT2D eigenvalue weighted by Crippen LogP contribution is 2.10. The van der Waals surface area contributed by atoms with Crippen molar-refractivity contribution in [3.63, 3.8) is 0 Å². The predicted octanol–water partition coefficient (Wildman–Crippen LogP) is 2.07. The first kappa shape index (κ1) is 20.6. The zero-order chi connectivity index (χ0) is 18.9. The van der Waals surface area contributed by atoms with Crippen LogP contribution in [0.4, 0.5) is 4.39 Å². The van der Waals surface area contributed by atoms with Crippen molar-refractivity contribution in [2.24, 2.45) is 10.9 Å². The molecule has 0 radical (unpaired) electrons. The number of piperazine rings is 1. The lowest BCUT2D eigenvalue weighted by molar-refractivity contribution is 0.139. The normalized spacial score (nSPS) is 18.0. The van der Waals surface area contributed by atoms with Gasteiger partial charge in [-0.25, -0.2) is 9.38 Å². The van der Waals surface area contributed by atoms with Gasteiger partial charge in [-0.05, 0) is 44.0 Å². The summed E-state index contributed by atoms with van der Waals surface area (Å²) in [6.07, 6.45) is 0. The Morgan fingerprint density at radius 2 is 1.96 bits per heavy atom. The second kappa shape index (κ2) is 10.5. The Labute approximate surface area is 157 Å². The van der Waals surface area contributed by atoms with E-state index in [1.165, 1.54) is 0 Å². The first-order chi connectivity index (χ1) is 12.5. The molecule has 5 nitrogen and oxygen atoms in total. The van der Waals surface area contributed by atoms with E-state index in [1.807, 2.05) is 6.07 Å². The largest absolute Gasteiger partial charge is 0.357 e. The number of benzene rings is 1. The standard InChI is InChI=1S/C20H34FN5/c1-5-22-20(24-14-18-7-6-17(3)19(21)12-18)23-13-16(2)15-26-10-8-25(4)9-11-26/h6-7,12,16H,5,8-11,13-15H2,1-4H3,(H2,22,23,24). The minimum atomic E-state index is -0.170. The maximum atomic E-state index is 13.7. The van der Waals surface area contributed by atoms with Crippen molar-refractivity contribution in [3.05, 3.63) is 35.1 Å². The SMILES string of the molecule is CCNC(=NCc1ccc(C)c(F)c1)NCC(C)CN1CCN(C)CC1. The number of aliphatic imine (C=N–C) groups is 1. The summed E-state index contributed by atoms with van der Waals surface area (Å²) in [4.78, 5) is 9.50. The topological polar surface area (TPSA) is 42.9 Å². The molecule has 26 heavy (non-hydrogen) atoms. The lowest BCUT2D eigenvalue weighted by Gasteiger charge is -2.34. The molecule has 1 unspecified atom stereocenters. The monoisotopic (exact) mass is 363 g/mol. The minimum absolute atomic E-state index is 0.170. The summed E-state index contributed by atoms with van der Waals surface area (Å²) in [6.45, 7) is 13.9. The second-order valence-electron chi connectivity index (χ2n) is 7.37. The highest BCUT2D eigenvalue weighted by atomic mass is 19.1. The van der Waals surface area contributed by atoms with Crippen LogP contribution in [0, 0.1) is 18.7 Å². The van der Waals surface area contributed by atoms with Crippen LogP contribution < -0.4 is 10.6 Å². The lowest BCUT2D eigenvalue weighted by atomic mass is 10.1. The Bertz CT molecular complexity index is 582. The van der Waals surface area contributed by atoms with Crippen LogP contribution in [0.5, 0.6) is 0 Å². The van der Waals surface area contributed by atoms with Gasteiger partial charge in [0.05, 0.1) is 6.54 Å². The third-order valence-corrected chi connectivity index (χ3v) is 4.78. The van der Waals surface area contributed by atoms with Gasteiger partial charge in [0.2, 0.25) is 0 Å². The summed E-state index contributed by atoms with van der Waals surface area (Å²) < 4.78 is 13.7. The minimum Gasteiger partial charge on any atom is -0.357 e. The summed E-state index contributed by atoms with van der Waals surface area (Å²) in [5.41, 5.74) is 1.55. The van der Waals surface area contributed by atoms with E-state index in [0.29, 0.717) is 18.0 Å². The van der Waals surface area contributed by atoms with Crippen LogP contribution >= 0.6 is 0 Å². The Balaban J connectivity index is 1.81. The Morgan fingerprint density at radius 3 is 2.62 bits per heavy atom. The van der Waals surface area contributed by atoms with E-state index in [4.69, 9.17) is 0 Å². The number of guanidine groups is 1. The van der Waals surface area contributed by atoms with E-state index in [1.54, 1.807) is 19.1 Å². The van der Waals surface area contributed by atoms with Gasteiger partial charge in [0.15, 0.2) is 5.96 Å². The molecule has 1 saturated heterocycles. The van der Waals surface area contributed by atoms with Gasteiger partial charge in [-0.15, -0.1) is 0 Å². The number of halogens is 1. The van der Waals surface area contributed by atoms with Crippen LogP contribution in [0.2, 0.25) is 0 Å². The predicted molar refractivity (Wildman–Crippen MR) is 107 cm³/mol. The molecule has 0 aromatic heterocycles. The van der Waals surface area contributed by atoms with Crippen molar-refractivity contribution in [1.82, 2.24) is 20.4 Å². The van der Waals surface area contributed by atoms with E-state index in [-0.39, 0.29) is 5.82 Å². The van der Waals surface area contributed by atoms with Crippen LogP contribution in [-0.2, 0) is 6.54 Å². The van der Waals surface area contributed by atoms with Crippen molar-refractivity contribution in [1.29, 1.82) is 0 Å². The van der Waals surface area contributed by atoms with Crippen LogP contribution in [0.25, 0.3) is 0 Å². The fraction of sp³-hybridized carbons (Fsp3) is 0.650. The molecule has 1 heterocycles. The van der Waals surface area contributed by atoms with Gasteiger partial charge in [0.25, 0.3) is 0 Å². The molecule has 2 N–H and O–H groups in total. The number of likely N-dealkylation sites (N-methyl/N-ethyl adjacent to an activating group) is 1. The highest BCUT2D eigenvalue weighted by molar-refractivity contribution is 5.79. The maximum absolute atomic E-state index is 13.7. The Kier molecular flexibility index (Phi) is 8.32. The molecule has 1 aliphatic heterocycles. The molecule has 0 bridgehead atoms. The van der Waals surface area contributed by atoms with E-state index in [2.05, 4.69) is 46.3 Å². The number of rotatable bonds is 7. The molecule has 1 atom stereocenters. The molecule has 0 amide bonds. The zero-order valence-electron chi connectivity index (χ0n) is 16.7. The van der Waals surface area contributed by atoms with Crippen molar-refractivity contribution < 1.29 is 4.39 Å². The molecule has 1 aliphatic rings. The second-order valence-corrected chi connectivity index (χ2v) is 7.37. The molecule has 1 aromatic rings.